The Kier molecular flexibility index (Phi) is 7.42. The molecule has 1 aromatic heterocycles. The molecule has 0 bridgehead atoms. The predicted octanol–water partition coefficient (Wildman–Crippen LogP) is 3.83. The summed E-state index contributed by atoms with van der Waals surface area (Å²) in [6.07, 6.45) is -3.27. The Balaban J connectivity index is 1.52. The first-order chi connectivity index (χ1) is 18.1. The van der Waals surface area contributed by atoms with Crippen molar-refractivity contribution in [2.24, 2.45) is 5.73 Å². The number of hydrogen-bond acceptors (Lipinski definition) is 7. The fourth-order valence-electron chi connectivity index (χ4n) is 3.91. The highest BCUT2D eigenvalue weighted by Gasteiger charge is 2.42. The number of methoxy groups -OCH3 is 1. The van der Waals surface area contributed by atoms with E-state index in [1.165, 1.54) is 25.3 Å². The average molecular weight is 525 g/mol. The molecular weight excluding hydrogens is 503 g/mol. The van der Waals surface area contributed by atoms with Crippen molar-refractivity contribution in [2.45, 2.75) is 12.6 Å². The highest BCUT2D eigenvalue weighted by molar-refractivity contribution is 6.00. The number of ether oxygens (including phenoxy) is 2. The van der Waals surface area contributed by atoms with Crippen LogP contribution in [0.1, 0.15) is 27.9 Å². The lowest BCUT2D eigenvalue weighted by atomic mass is 9.95. The van der Waals surface area contributed by atoms with Gasteiger partial charge in [-0.3, -0.25) is 10.2 Å². The van der Waals surface area contributed by atoms with Crippen LogP contribution in [-0.4, -0.2) is 59.2 Å². The third-order valence-electron chi connectivity index (χ3n) is 5.85. The van der Waals surface area contributed by atoms with Crippen molar-refractivity contribution in [1.29, 1.82) is 5.41 Å². The van der Waals surface area contributed by atoms with Crippen LogP contribution in [0.3, 0.4) is 0 Å². The normalized spacial score (nSPS) is 13.5. The first kappa shape index (κ1) is 26.3. The molecule has 0 saturated carbocycles. The summed E-state index contributed by atoms with van der Waals surface area (Å²) >= 11 is 0. The zero-order valence-electron chi connectivity index (χ0n) is 20.1. The Labute approximate surface area is 215 Å². The number of carbonyl (C=O) groups is 2. The summed E-state index contributed by atoms with van der Waals surface area (Å²) in [5, 5.41) is 15.7. The highest BCUT2D eigenvalue weighted by atomic mass is 19.4. The summed E-state index contributed by atoms with van der Waals surface area (Å²) in [6.45, 7) is 0.449. The molecule has 3 N–H and O–H groups in total. The number of hydrogen-bond donors (Lipinski definition) is 2. The Morgan fingerprint density at radius 3 is 2.34 bits per heavy atom. The van der Waals surface area contributed by atoms with Gasteiger partial charge >= 0.3 is 12.1 Å². The van der Waals surface area contributed by atoms with E-state index in [9.17, 15) is 22.8 Å². The monoisotopic (exact) mass is 525 g/mol. The lowest BCUT2D eigenvalue weighted by Crippen LogP contribution is -2.34. The molecule has 0 saturated heterocycles. The van der Waals surface area contributed by atoms with Gasteiger partial charge in [0.05, 0.1) is 18.4 Å². The molecule has 0 radical (unpaired) electrons. The number of nitrogens with one attached hydrogen (secondary N) is 1. The van der Waals surface area contributed by atoms with Crippen molar-refractivity contribution in [1.82, 2.24) is 15.1 Å². The number of para-hydroxylation sites is 1. The number of alkyl halides is 3. The van der Waals surface area contributed by atoms with E-state index < -0.39 is 23.7 Å². The summed E-state index contributed by atoms with van der Waals surface area (Å²) < 4.78 is 48.2. The highest BCUT2D eigenvalue weighted by Crippen LogP contribution is 2.35. The van der Waals surface area contributed by atoms with Crippen molar-refractivity contribution in [3.05, 3.63) is 77.4 Å². The zero-order chi connectivity index (χ0) is 27.4. The van der Waals surface area contributed by atoms with Gasteiger partial charge in [0.15, 0.2) is 0 Å². The number of esters is 1. The maximum Gasteiger partial charge on any atom is 0.491 e. The first-order valence-electron chi connectivity index (χ1n) is 11.3. The van der Waals surface area contributed by atoms with Crippen LogP contribution in [0.2, 0.25) is 0 Å². The molecule has 1 amide bonds. The second kappa shape index (κ2) is 10.7. The number of benzene rings is 2. The van der Waals surface area contributed by atoms with E-state index >= 15 is 0 Å². The van der Waals surface area contributed by atoms with Gasteiger partial charge in [-0.1, -0.05) is 30.3 Å². The standard InChI is InChI=1S/C26H22F3N5O4/c1-37-21-10-9-20(32-33-21)16-5-7-17(8-6-16)24(35)34-13-11-15(12-14-34)18-3-2-4-19(23(30)31)22(18)38-25(36)26(27,28)29/h2-11H,12-14H2,1H3,(H3,30,31). The molecule has 12 heteroatoms. The molecule has 0 aliphatic carbocycles. The molecule has 0 atom stereocenters. The minimum Gasteiger partial charge on any atom is -0.480 e. The summed E-state index contributed by atoms with van der Waals surface area (Å²) in [5.74, 6) is -3.24. The molecule has 38 heavy (non-hydrogen) atoms. The smallest absolute Gasteiger partial charge is 0.480 e. The summed E-state index contributed by atoms with van der Waals surface area (Å²) in [7, 11) is 1.49. The van der Waals surface area contributed by atoms with E-state index in [-0.39, 0.29) is 36.5 Å². The van der Waals surface area contributed by atoms with Crippen LogP contribution in [0.25, 0.3) is 16.8 Å². The van der Waals surface area contributed by atoms with Crippen LogP contribution in [0.5, 0.6) is 11.6 Å². The van der Waals surface area contributed by atoms with Crippen LogP contribution < -0.4 is 15.2 Å². The zero-order valence-corrected chi connectivity index (χ0v) is 20.1. The average Bonchev–Trinajstić information content (AvgIpc) is 2.92. The van der Waals surface area contributed by atoms with E-state index in [0.717, 1.165) is 5.56 Å². The minimum atomic E-state index is -5.22. The van der Waals surface area contributed by atoms with E-state index in [1.54, 1.807) is 47.4 Å². The lowest BCUT2D eigenvalue weighted by molar-refractivity contribution is -0.189. The van der Waals surface area contributed by atoms with Gasteiger partial charge in [0, 0.05) is 35.8 Å². The van der Waals surface area contributed by atoms with Crippen LogP contribution >= 0.6 is 0 Å². The number of rotatable bonds is 6. The first-order valence-corrected chi connectivity index (χ1v) is 11.3. The number of amides is 1. The number of nitrogen functional groups attached to an aromatic ring is 1. The second-order valence-electron chi connectivity index (χ2n) is 8.25. The fraction of sp³-hybridized carbons (Fsp3) is 0.192. The second-order valence-corrected chi connectivity index (χ2v) is 8.25. The van der Waals surface area contributed by atoms with Crippen molar-refractivity contribution in [3.8, 4) is 22.9 Å². The predicted molar refractivity (Wildman–Crippen MR) is 132 cm³/mol. The number of nitrogens with two attached hydrogens (primary N) is 1. The third kappa shape index (κ3) is 5.64. The van der Waals surface area contributed by atoms with Crippen molar-refractivity contribution >= 4 is 23.3 Å². The molecule has 1 aliphatic heterocycles. The van der Waals surface area contributed by atoms with Crippen LogP contribution in [0, 0.1) is 5.41 Å². The van der Waals surface area contributed by atoms with Crippen LogP contribution in [-0.2, 0) is 4.79 Å². The summed E-state index contributed by atoms with van der Waals surface area (Å²) in [6, 6.07) is 14.6. The van der Waals surface area contributed by atoms with Gasteiger partial charge in [-0.25, -0.2) is 4.79 Å². The van der Waals surface area contributed by atoms with Crippen molar-refractivity contribution < 1.29 is 32.2 Å². The lowest BCUT2D eigenvalue weighted by Gasteiger charge is -2.27. The number of halogens is 3. The molecule has 2 heterocycles. The molecule has 0 unspecified atom stereocenters. The molecule has 0 fully saturated rings. The van der Waals surface area contributed by atoms with Crippen molar-refractivity contribution in [2.75, 3.05) is 20.2 Å². The Bertz CT molecular complexity index is 1400. The minimum absolute atomic E-state index is 0.138. The largest absolute Gasteiger partial charge is 0.491 e. The van der Waals surface area contributed by atoms with Gasteiger partial charge in [0.1, 0.15) is 11.6 Å². The van der Waals surface area contributed by atoms with Gasteiger partial charge in [-0.05, 0) is 36.3 Å². The molecule has 0 spiro atoms. The number of nitrogens with zero attached hydrogens (tertiary/aromatic N) is 3. The van der Waals surface area contributed by atoms with Gasteiger partial charge in [-0.2, -0.15) is 13.2 Å². The summed E-state index contributed by atoms with van der Waals surface area (Å²) in [4.78, 5) is 26.2. The molecule has 9 nitrogen and oxygen atoms in total. The number of aromatic nitrogens is 2. The molecule has 196 valence electrons. The van der Waals surface area contributed by atoms with Gasteiger partial charge < -0.3 is 20.1 Å². The number of amidine groups is 1. The molecule has 3 aromatic rings. The topological polar surface area (TPSA) is 131 Å². The Hall–Kier alpha value is -4.74. The maximum absolute atomic E-state index is 13.1. The quantitative estimate of drug-likeness (QED) is 0.216. The van der Waals surface area contributed by atoms with Gasteiger partial charge in [-0.15, -0.1) is 10.2 Å². The molecule has 4 rings (SSSR count). The molecular formula is C26H22F3N5O4. The third-order valence-corrected chi connectivity index (χ3v) is 5.85. The van der Waals surface area contributed by atoms with Gasteiger partial charge in [0.2, 0.25) is 5.88 Å². The summed E-state index contributed by atoms with van der Waals surface area (Å²) in [5.41, 5.74) is 7.97. The van der Waals surface area contributed by atoms with E-state index in [4.69, 9.17) is 15.9 Å². The Morgan fingerprint density at radius 1 is 1.05 bits per heavy atom. The number of carbonyl (C=O) groups excluding carboxylic acids is 2. The van der Waals surface area contributed by atoms with Crippen molar-refractivity contribution in [3.63, 3.8) is 0 Å². The maximum atomic E-state index is 13.1. The molecule has 2 aromatic carbocycles. The van der Waals surface area contributed by atoms with E-state index in [0.29, 0.717) is 22.7 Å². The van der Waals surface area contributed by atoms with Gasteiger partial charge in [0.25, 0.3) is 5.91 Å². The molecule has 1 aliphatic rings. The Morgan fingerprint density at radius 2 is 1.79 bits per heavy atom. The van der Waals surface area contributed by atoms with Crippen LogP contribution in [0.15, 0.2) is 60.7 Å². The van der Waals surface area contributed by atoms with E-state index in [2.05, 4.69) is 14.9 Å². The van der Waals surface area contributed by atoms with Crippen LogP contribution in [0.4, 0.5) is 13.2 Å². The van der Waals surface area contributed by atoms with E-state index in [1.807, 2.05) is 0 Å². The fourth-order valence-corrected chi connectivity index (χ4v) is 3.91. The SMILES string of the molecule is COc1ccc(-c2ccc(C(=O)N3CC=C(c4cccc(C(=N)N)c4OC(=O)C(F)(F)F)CC3)cc2)nn1.